The number of aromatic nitrogens is 1. The summed E-state index contributed by atoms with van der Waals surface area (Å²) in [5.74, 6) is 1.54. The van der Waals surface area contributed by atoms with E-state index < -0.39 is 0 Å². The van der Waals surface area contributed by atoms with Crippen molar-refractivity contribution >= 4 is 35.9 Å². The number of carbonyl (C=O) groups is 1. The number of nitrogens with zero attached hydrogens (tertiary/aromatic N) is 3. The van der Waals surface area contributed by atoms with Gasteiger partial charge >= 0.3 is 5.97 Å². The predicted octanol–water partition coefficient (Wildman–Crippen LogP) is 2.21. The maximum Gasteiger partial charge on any atom is 0.309 e. The van der Waals surface area contributed by atoms with E-state index in [0.29, 0.717) is 13.2 Å². The molecule has 2 heterocycles. The van der Waals surface area contributed by atoms with E-state index in [1.165, 1.54) is 0 Å². The van der Waals surface area contributed by atoms with Crippen LogP contribution in [0.1, 0.15) is 38.1 Å². The quantitative estimate of drug-likeness (QED) is 0.321. The maximum atomic E-state index is 11.8. The highest BCUT2D eigenvalue weighted by atomic mass is 127. The Morgan fingerprint density at radius 2 is 2.17 bits per heavy atom. The molecule has 0 spiro atoms. The maximum absolute atomic E-state index is 11.8. The third-order valence-electron chi connectivity index (χ3n) is 4.02. The molecule has 0 radical (unpaired) electrons. The lowest BCUT2D eigenvalue weighted by molar-refractivity contribution is -0.149. The monoisotopic (exact) mass is 450 g/mol. The number of aryl methyl sites for hydroxylation is 1. The Balaban J connectivity index is 0.00000288. The second-order valence-corrected chi connectivity index (χ2v) is 5.55. The zero-order chi connectivity index (χ0) is 16.7. The normalized spacial score (nSPS) is 15.8. The number of aliphatic imine (C=N–C) groups is 1. The van der Waals surface area contributed by atoms with Crippen LogP contribution in [-0.4, -0.2) is 48.7 Å². The number of carbonyl (C=O) groups excluding carboxylic acids is 1. The highest BCUT2D eigenvalue weighted by Crippen LogP contribution is 2.18. The second kappa shape index (κ2) is 10.5. The first kappa shape index (κ1) is 20.7. The van der Waals surface area contributed by atoms with Crippen molar-refractivity contribution in [1.82, 2.24) is 15.4 Å². The second-order valence-electron chi connectivity index (χ2n) is 5.55. The smallest absolute Gasteiger partial charge is 0.309 e. The zero-order valence-electron chi connectivity index (χ0n) is 14.6. The molecule has 0 bridgehead atoms. The summed E-state index contributed by atoms with van der Waals surface area (Å²) in [4.78, 5) is 18.3. The number of guanidine groups is 1. The van der Waals surface area contributed by atoms with Crippen molar-refractivity contribution in [3.05, 3.63) is 17.5 Å². The third kappa shape index (κ3) is 5.64. The number of rotatable bonds is 5. The van der Waals surface area contributed by atoms with Crippen LogP contribution < -0.4 is 5.32 Å². The third-order valence-corrected chi connectivity index (χ3v) is 4.02. The molecule has 1 aromatic rings. The van der Waals surface area contributed by atoms with Gasteiger partial charge in [-0.2, -0.15) is 0 Å². The summed E-state index contributed by atoms with van der Waals surface area (Å²) in [5, 5.41) is 7.27. The summed E-state index contributed by atoms with van der Waals surface area (Å²) in [7, 11) is 1.76. The van der Waals surface area contributed by atoms with Gasteiger partial charge in [-0.15, -0.1) is 24.0 Å². The fraction of sp³-hybridized carbons (Fsp3) is 0.688. The topological polar surface area (TPSA) is 80.0 Å². The molecular weight excluding hydrogens is 423 g/mol. The van der Waals surface area contributed by atoms with Crippen molar-refractivity contribution in [3.8, 4) is 0 Å². The fourth-order valence-electron chi connectivity index (χ4n) is 2.69. The molecule has 24 heavy (non-hydrogen) atoms. The SMILES string of the molecule is CCOC(=O)C1CCN(C(=NC)NCc2cc(CC)no2)CC1.I. The number of piperidine rings is 1. The molecule has 0 aliphatic carbocycles. The minimum absolute atomic E-state index is 0. The summed E-state index contributed by atoms with van der Waals surface area (Å²) < 4.78 is 10.4. The van der Waals surface area contributed by atoms with Crippen molar-refractivity contribution in [2.24, 2.45) is 10.9 Å². The Morgan fingerprint density at radius 1 is 1.46 bits per heavy atom. The van der Waals surface area contributed by atoms with Gasteiger partial charge in [-0.25, -0.2) is 0 Å². The number of ether oxygens (including phenoxy) is 1. The molecular formula is C16H27IN4O3. The fourth-order valence-corrected chi connectivity index (χ4v) is 2.69. The first-order valence-electron chi connectivity index (χ1n) is 8.24. The van der Waals surface area contributed by atoms with Crippen LogP contribution in [0.5, 0.6) is 0 Å². The van der Waals surface area contributed by atoms with Gasteiger partial charge in [0.15, 0.2) is 11.7 Å². The van der Waals surface area contributed by atoms with Crippen molar-refractivity contribution in [3.63, 3.8) is 0 Å². The Bertz CT molecular complexity index is 539. The van der Waals surface area contributed by atoms with Gasteiger partial charge in [-0.3, -0.25) is 9.79 Å². The molecule has 1 N–H and O–H groups in total. The number of nitrogens with one attached hydrogen (secondary N) is 1. The van der Waals surface area contributed by atoms with E-state index in [4.69, 9.17) is 9.26 Å². The molecule has 136 valence electrons. The van der Waals surface area contributed by atoms with E-state index in [1.807, 2.05) is 19.9 Å². The molecule has 0 amide bonds. The van der Waals surface area contributed by atoms with Crippen molar-refractivity contribution in [2.75, 3.05) is 26.7 Å². The highest BCUT2D eigenvalue weighted by Gasteiger charge is 2.27. The lowest BCUT2D eigenvalue weighted by atomic mass is 9.97. The molecule has 1 aliphatic rings. The number of esters is 1. The molecule has 1 aliphatic heterocycles. The zero-order valence-corrected chi connectivity index (χ0v) is 16.9. The largest absolute Gasteiger partial charge is 0.466 e. The van der Waals surface area contributed by atoms with Gasteiger partial charge in [0, 0.05) is 26.2 Å². The van der Waals surface area contributed by atoms with Crippen LogP contribution in [0.15, 0.2) is 15.6 Å². The van der Waals surface area contributed by atoms with Gasteiger partial charge in [0.1, 0.15) is 0 Å². The minimum Gasteiger partial charge on any atom is -0.466 e. The number of hydrogen-bond acceptors (Lipinski definition) is 5. The van der Waals surface area contributed by atoms with Gasteiger partial charge < -0.3 is 19.5 Å². The molecule has 0 atom stereocenters. The van der Waals surface area contributed by atoms with Crippen molar-refractivity contribution in [2.45, 2.75) is 39.7 Å². The Hall–Kier alpha value is -1.32. The molecule has 0 aromatic carbocycles. The Labute approximate surface area is 160 Å². The molecule has 0 saturated carbocycles. The van der Waals surface area contributed by atoms with Crippen LogP contribution >= 0.6 is 24.0 Å². The first-order valence-corrected chi connectivity index (χ1v) is 8.24. The van der Waals surface area contributed by atoms with Gasteiger partial charge in [-0.1, -0.05) is 12.1 Å². The average molecular weight is 450 g/mol. The standard InChI is InChI=1S/C16H26N4O3.HI/c1-4-13-10-14(23-19-13)11-18-16(17-3)20-8-6-12(7-9-20)15(21)22-5-2;/h10,12H,4-9,11H2,1-3H3,(H,17,18);1H. The summed E-state index contributed by atoms with van der Waals surface area (Å²) in [6.07, 6.45) is 2.45. The highest BCUT2D eigenvalue weighted by molar-refractivity contribution is 14.0. The van der Waals surface area contributed by atoms with Crippen LogP contribution in [-0.2, 0) is 22.5 Å². The summed E-state index contributed by atoms with van der Waals surface area (Å²) in [6.45, 7) is 6.46. The van der Waals surface area contributed by atoms with Crippen LogP contribution in [0.4, 0.5) is 0 Å². The van der Waals surface area contributed by atoms with Crippen molar-refractivity contribution in [1.29, 1.82) is 0 Å². The molecule has 7 nitrogen and oxygen atoms in total. The molecule has 1 fully saturated rings. The van der Waals surface area contributed by atoms with Crippen molar-refractivity contribution < 1.29 is 14.1 Å². The summed E-state index contributed by atoms with van der Waals surface area (Å²) >= 11 is 0. The van der Waals surface area contributed by atoms with Gasteiger partial charge in [0.25, 0.3) is 0 Å². The summed E-state index contributed by atoms with van der Waals surface area (Å²) in [6, 6.07) is 1.95. The van der Waals surface area contributed by atoms with Crippen LogP contribution in [0, 0.1) is 5.92 Å². The summed E-state index contributed by atoms with van der Waals surface area (Å²) in [5.41, 5.74) is 0.951. The van der Waals surface area contributed by atoms with Gasteiger partial charge in [0.2, 0.25) is 0 Å². The Kier molecular flexibility index (Phi) is 9.09. The van der Waals surface area contributed by atoms with Gasteiger partial charge in [-0.05, 0) is 26.2 Å². The van der Waals surface area contributed by atoms with E-state index in [1.54, 1.807) is 7.05 Å². The lowest BCUT2D eigenvalue weighted by Crippen LogP contribution is -2.46. The van der Waals surface area contributed by atoms with Crippen LogP contribution in [0.2, 0.25) is 0 Å². The molecule has 2 rings (SSSR count). The average Bonchev–Trinajstić information content (AvgIpc) is 3.04. The van der Waals surface area contributed by atoms with Gasteiger partial charge in [0.05, 0.1) is 24.8 Å². The Morgan fingerprint density at radius 3 is 2.71 bits per heavy atom. The van der Waals surface area contributed by atoms with E-state index in [0.717, 1.165) is 49.8 Å². The first-order chi connectivity index (χ1) is 11.2. The van der Waals surface area contributed by atoms with E-state index in [-0.39, 0.29) is 35.9 Å². The van der Waals surface area contributed by atoms with E-state index in [9.17, 15) is 4.79 Å². The molecule has 8 heteroatoms. The van der Waals surface area contributed by atoms with E-state index in [2.05, 4.69) is 20.4 Å². The predicted molar refractivity (Wildman–Crippen MR) is 102 cm³/mol. The molecule has 0 unspecified atom stereocenters. The molecule has 1 aromatic heterocycles. The van der Waals surface area contributed by atoms with Crippen LogP contribution in [0.3, 0.4) is 0 Å². The minimum atomic E-state index is -0.0798. The van der Waals surface area contributed by atoms with E-state index >= 15 is 0 Å². The number of likely N-dealkylation sites (tertiary alicyclic amines) is 1. The number of hydrogen-bond donors (Lipinski definition) is 1. The van der Waals surface area contributed by atoms with Crippen LogP contribution in [0.25, 0.3) is 0 Å². The number of halogens is 1. The lowest BCUT2D eigenvalue weighted by Gasteiger charge is -2.33. The molecule has 1 saturated heterocycles.